The second-order valence-electron chi connectivity index (χ2n) is 3.93. The van der Waals surface area contributed by atoms with E-state index in [0.717, 1.165) is 4.47 Å². The molecule has 0 radical (unpaired) electrons. The number of rotatable bonds is 0. The summed E-state index contributed by atoms with van der Waals surface area (Å²) in [4.78, 5) is 11.6. The van der Waals surface area contributed by atoms with E-state index in [0.29, 0.717) is 17.1 Å². The van der Waals surface area contributed by atoms with Crippen molar-refractivity contribution in [1.29, 1.82) is 0 Å². The molecular formula is C10H11BrN2O2. The van der Waals surface area contributed by atoms with Gasteiger partial charge < -0.3 is 15.8 Å². The fraction of sp³-hybridized carbons (Fsp3) is 0.300. The molecule has 1 aliphatic rings. The minimum absolute atomic E-state index is 0.191. The second kappa shape index (κ2) is 3.13. The summed E-state index contributed by atoms with van der Waals surface area (Å²) in [5.74, 6) is 0.399. The average molecular weight is 271 g/mol. The Balaban J connectivity index is 2.55. The molecular weight excluding hydrogens is 260 g/mol. The molecule has 1 aromatic carbocycles. The van der Waals surface area contributed by atoms with E-state index in [1.54, 1.807) is 26.0 Å². The number of amides is 1. The highest BCUT2D eigenvalue weighted by Crippen LogP contribution is 2.39. The lowest BCUT2D eigenvalue weighted by atomic mass is 10.1. The van der Waals surface area contributed by atoms with Crippen LogP contribution in [0, 0.1) is 0 Å². The molecule has 0 saturated carbocycles. The van der Waals surface area contributed by atoms with Gasteiger partial charge in [0.05, 0.1) is 5.69 Å². The number of hydrogen-bond donors (Lipinski definition) is 2. The molecule has 1 aromatic rings. The first-order valence-electron chi connectivity index (χ1n) is 4.49. The van der Waals surface area contributed by atoms with Gasteiger partial charge in [-0.05, 0) is 26.0 Å². The molecule has 1 aliphatic heterocycles. The van der Waals surface area contributed by atoms with E-state index in [4.69, 9.17) is 10.5 Å². The SMILES string of the molecule is CC1(C)Oc2cc(Br)cc(N)c2NC1=O. The van der Waals surface area contributed by atoms with Crippen molar-refractivity contribution < 1.29 is 9.53 Å². The van der Waals surface area contributed by atoms with Crippen LogP contribution in [0.15, 0.2) is 16.6 Å². The summed E-state index contributed by atoms with van der Waals surface area (Å²) in [6, 6.07) is 3.51. The Kier molecular flexibility index (Phi) is 2.15. The summed E-state index contributed by atoms with van der Waals surface area (Å²) in [5.41, 5.74) is 5.94. The Morgan fingerprint density at radius 2 is 2.13 bits per heavy atom. The first kappa shape index (κ1) is 10.3. The van der Waals surface area contributed by atoms with E-state index in [2.05, 4.69) is 21.2 Å². The van der Waals surface area contributed by atoms with Crippen molar-refractivity contribution in [1.82, 2.24) is 0 Å². The molecule has 0 atom stereocenters. The van der Waals surface area contributed by atoms with Gasteiger partial charge in [0.1, 0.15) is 11.4 Å². The van der Waals surface area contributed by atoms with Crippen LogP contribution < -0.4 is 15.8 Å². The quantitative estimate of drug-likeness (QED) is 0.710. The summed E-state index contributed by atoms with van der Waals surface area (Å²) in [6.07, 6.45) is 0. The van der Waals surface area contributed by atoms with Gasteiger partial charge in [0.15, 0.2) is 5.60 Å². The summed E-state index contributed by atoms with van der Waals surface area (Å²) >= 11 is 3.32. The lowest BCUT2D eigenvalue weighted by molar-refractivity contribution is -0.129. The highest BCUT2D eigenvalue weighted by atomic mass is 79.9. The topological polar surface area (TPSA) is 64.3 Å². The summed E-state index contributed by atoms with van der Waals surface area (Å²) in [5, 5.41) is 2.74. The van der Waals surface area contributed by atoms with Crippen LogP contribution in [0.5, 0.6) is 5.75 Å². The van der Waals surface area contributed by atoms with Gasteiger partial charge in [-0.2, -0.15) is 0 Å². The Morgan fingerprint density at radius 1 is 1.47 bits per heavy atom. The number of fused-ring (bicyclic) bond motifs is 1. The lowest BCUT2D eigenvalue weighted by Crippen LogP contribution is -2.45. The van der Waals surface area contributed by atoms with E-state index in [1.807, 2.05) is 0 Å². The zero-order valence-electron chi connectivity index (χ0n) is 8.43. The first-order valence-corrected chi connectivity index (χ1v) is 5.29. The van der Waals surface area contributed by atoms with Crippen molar-refractivity contribution >= 4 is 33.2 Å². The maximum absolute atomic E-state index is 11.6. The fourth-order valence-electron chi connectivity index (χ4n) is 1.40. The van der Waals surface area contributed by atoms with Crippen molar-refractivity contribution in [3.8, 4) is 5.75 Å². The number of anilines is 2. The zero-order valence-corrected chi connectivity index (χ0v) is 10.0. The molecule has 1 amide bonds. The van der Waals surface area contributed by atoms with Crippen LogP contribution in [0.25, 0.3) is 0 Å². The van der Waals surface area contributed by atoms with Gasteiger partial charge in [0, 0.05) is 4.47 Å². The van der Waals surface area contributed by atoms with Gasteiger partial charge in [-0.3, -0.25) is 4.79 Å². The van der Waals surface area contributed by atoms with E-state index in [9.17, 15) is 4.79 Å². The average Bonchev–Trinajstić information content (AvgIpc) is 2.08. The monoisotopic (exact) mass is 270 g/mol. The third kappa shape index (κ3) is 1.67. The standard InChI is InChI=1S/C10H11BrN2O2/c1-10(2)9(14)13-8-6(12)3-5(11)4-7(8)15-10/h3-4H,12H2,1-2H3,(H,13,14). The Morgan fingerprint density at radius 3 is 2.80 bits per heavy atom. The minimum Gasteiger partial charge on any atom is -0.476 e. The van der Waals surface area contributed by atoms with Crippen LogP contribution in [-0.2, 0) is 4.79 Å². The predicted molar refractivity (Wildman–Crippen MR) is 61.9 cm³/mol. The van der Waals surface area contributed by atoms with Crippen molar-refractivity contribution in [2.24, 2.45) is 0 Å². The van der Waals surface area contributed by atoms with Gasteiger partial charge in [-0.1, -0.05) is 15.9 Å². The highest BCUT2D eigenvalue weighted by molar-refractivity contribution is 9.10. The van der Waals surface area contributed by atoms with E-state index in [1.165, 1.54) is 0 Å². The molecule has 80 valence electrons. The Bertz CT molecular complexity index is 443. The number of nitrogens with one attached hydrogen (secondary N) is 1. The third-order valence-corrected chi connectivity index (χ3v) is 2.71. The van der Waals surface area contributed by atoms with Gasteiger partial charge in [-0.25, -0.2) is 0 Å². The van der Waals surface area contributed by atoms with E-state index >= 15 is 0 Å². The van der Waals surface area contributed by atoms with Gasteiger partial charge in [0.2, 0.25) is 0 Å². The molecule has 5 heteroatoms. The molecule has 2 rings (SSSR count). The van der Waals surface area contributed by atoms with Gasteiger partial charge >= 0.3 is 0 Å². The summed E-state index contributed by atoms with van der Waals surface area (Å²) < 4.78 is 6.40. The van der Waals surface area contributed by atoms with Crippen LogP contribution in [0.3, 0.4) is 0 Å². The van der Waals surface area contributed by atoms with Crippen molar-refractivity contribution in [3.05, 3.63) is 16.6 Å². The molecule has 0 spiro atoms. The highest BCUT2D eigenvalue weighted by Gasteiger charge is 2.36. The number of carbonyl (C=O) groups excluding carboxylic acids is 1. The molecule has 0 aromatic heterocycles. The van der Waals surface area contributed by atoms with Crippen molar-refractivity contribution in [3.63, 3.8) is 0 Å². The lowest BCUT2D eigenvalue weighted by Gasteiger charge is -2.32. The minimum atomic E-state index is -0.861. The molecule has 0 unspecified atom stereocenters. The molecule has 15 heavy (non-hydrogen) atoms. The number of ether oxygens (including phenoxy) is 1. The number of benzene rings is 1. The number of hydrogen-bond acceptors (Lipinski definition) is 3. The molecule has 4 nitrogen and oxygen atoms in total. The van der Waals surface area contributed by atoms with Gasteiger partial charge in [0.25, 0.3) is 5.91 Å². The number of halogens is 1. The third-order valence-electron chi connectivity index (χ3n) is 2.25. The second-order valence-corrected chi connectivity index (χ2v) is 4.85. The Hall–Kier alpha value is -1.23. The van der Waals surface area contributed by atoms with Crippen molar-refractivity contribution in [2.75, 3.05) is 11.1 Å². The smallest absolute Gasteiger partial charge is 0.268 e. The van der Waals surface area contributed by atoms with Crippen LogP contribution >= 0.6 is 15.9 Å². The number of nitrogen functional groups attached to an aromatic ring is 1. The molecule has 0 bridgehead atoms. The molecule has 0 aliphatic carbocycles. The van der Waals surface area contributed by atoms with E-state index in [-0.39, 0.29) is 5.91 Å². The molecule has 1 heterocycles. The number of nitrogens with two attached hydrogens (primary N) is 1. The Labute approximate surface area is 95.9 Å². The predicted octanol–water partition coefficient (Wildman–Crippen LogP) is 2.14. The van der Waals surface area contributed by atoms with E-state index < -0.39 is 5.60 Å². The summed E-state index contributed by atoms with van der Waals surface area (Å²) in [7, 11) is 0. The van der Waals surface area contributed by atoms with Crippen LogP contribution in [0.4, 0.5) is 11.4 Å². The van der Waals surface area contributed by atoms with Crippen LogP contribution in [0.2, 0.25) is 0 Å². The fourth-order valence-corrected chi connectivity index (χ4v) is 1.86. The maximum Gasteiger partial charge on any atom is 0.268 e. The van der Waals surface area contributed by atoms with Crippen molar-refractivity contribution in [2.45, 2.75) is 19.4 Å². The molecule has 0 fully saturated rings. The maximum atomic E-state index is 11.6. The van der Waals surface area contributed by atoms with Crippen LogP contribution in [-0.4, -0.2) is 11.5 Å². The summed E-state index contributed by atoms with van der Waals surface area (Å²) in [6.45, 7) is 3.42. The number of carbonyl (C=O) groups is 1. The largest absolute Gasteiger partial charge is 0.476 e. The molecule has 0 saturated heterocycles. The van der Waals surface area contributed by atoms with Crippen LogP contribution in [0.1, 0.15) is 13.8 Å². The zero-order chi connectivity index (χ0) is 11.2. The van der Waals surface area contributed by atoms with Gasteiger partial charge in [-0.15, -0.1) is 0 Å². The molecule has 3 N–H and O–H groups in total. The normalized spacial score (nSPS) is 17.7. The first-order chi connectivity index (χ1) is 6.90.